The fraction of sp³-hybridized carbons (Fsp3) is 0.727. The van der Waals surface area contributed by atoms with Gasteiger partial charge in [-0.1, -0.05) is 12.8 Å². The molecule has 1 aliphatic carbocycles. The molecule has 1 amide bonds. The maximum absolute atomic E-state index is 11.7. The van der Waals surface area contributed by atoms with Crippen LogP contribution in [0.4, 0.5) is 0 Å². The molecule has 0 bridgehead atoms. The zero-order valence-electron chi connectivity index (χ0n) is 8.78. The smallest absolute Gasteiger partial charge is 0.224 e. The Kier molecular flexibility index (Phi) is 4.63. The molecule has 4 heteroatoms. The Balaban J connectivity index is 2.41. The zero-order valence-corrected chi connectivity index (χ0v) is 8.78. The number of carbonyl (C=O) groups is 1. The minimum atomic E-state index is -0.0509. The van der Waals surface area contributed by atoms with Gasteiger partial charge in [0, 0.05) is 6.42 Å². The first-order valence-electron chi connectivity index (χ1n) is 5.29. The predicted octanol–water partition coefficient (Wildman–Crippen LogP) is 1.44. The second-order valence-electron chi connectivity index (χ2n) is 3.92. The van der Waals surface area contributed by atoms with E-state index in [9.17, 15) is 4.79 Å². The molecule has 80 valence electrons. The van der Waals surface area contributed by atoms with Crippen LogP contribution in [0, 0.1) is 28.6 Å². The first-order valence-corrected chi connectivity index (χ1v) is 5.29. The highest BCUT2D eigenvalue weighted by atomic mass is 16.2. The van der Waals surface area contributed by atoms with Crippen molar-refractivity contribution in [3.63, 3.8) is 0 Å². The molecule has 0 N–H and O–H groups in total. The van der Waals surface area contributed by atoms with Crippen molar-refractivity contribution in [2.24, 2.45) is 5.92 Å². The molecule has 0 aromatic rings. The van der Waals surface area contributed by atoms with Gasteiger partial charge in [-0.3, -0.25) is 4.79 Å². The number of carbonyl (C=O) groups excluding carboxylic acids is 1. The molecular formula is C11H15N3O. The van der Waals surface area contributed by atoms with Crippen molar-refractivity contribution < 1.29 is 4.79 Å². The molecule has 0 unspecified atom stereocenters. The fourth-order valence-corrected chi connectivity index (χ4v) is 1.99. The Bertz CT molecular complexity index is 278. The summed E-state index contributed by atoms with van der Waals surface area (Å²) in [7, 11) is 0. The highest BCUT2D eigenvalue weighted by Crippen LogP contribution is 2.27. The zero-order chi connectivity index (χ0) is 11.1. The van der Waals surface area contributed by atoms with E-state index in [2.05, 4.69) is 0 Å². The van der Waals surface area contributed by atoms with Crippen molar-refractivity contribution in [2.45, 2.75) is 32.1 Å². The SMILES string of the molecule is N#CCN(CC#N)C(=O)CC1CCCC1. The summed E-state index contributed by atoms with van der Waals surface area (Å²) in [6, 6.07) is 3.82. The Labute approximate surface area is 90.1 Å². The van der Waals surface area contributed by atoms with Crippen molar-refractivity contribution in [1.29, 1.82) is 10.5 Å². The molecule has 0 aromatic carbocycles. The molecule has 0 aliphatic heterocycles. The predicted molar refractivity (Wildman–Crippen MR) is 54.4 cm³/mol. The fourth-order valence-electron chi connectivity index (χ4n) is 1.99. The Morgan fingerprint density at radius 3 is 2.20 bits per heavy atom. The summed E-state index contributed by atoms with van der Waals surface area (Å²) in [4.78, 5) is 13.0. The third kappa shape index (κ3) is 3.59. The van der Waals surface area contributed by atoms with E-state index in [1.807, 2.05) is 12.1 Å². The monoisotopic (exact) mass is 205 g/mol. The van der Waals surface area contributed by atoms with Crippen LogP contribution in [0.3, 0.4) is 0 Å². The lowest BCUT2D eigenvalue weighted by atomic mass is 10.0. The first kappa shape index (κ1) is 11.5. The molecule has 0 saturated heterocycles. The topological polar surface area (TPSA) is 67.9 Å². The first-order chi connectivity index (χ1) is 7.27. The highest BCUT2D eigenvalue weighted by Gasteiger charge is 2.21. The van der Waals surface area contributed by atoms with Crippen LogP contribution >= 0.6 is 0 Å². The van der Waals surface area contributed by atoms with Crippen LogP contribution in [-0.4, -0.2) is 23.9 Å². The average Bonchev–Trinajstić information content (AvgIpc) is 2.70. The number of nitrogens with zero attached hydrogens (tertiary/aromatic N) is 3. The summed E-state index contributed by atoms with van der Waals surface area (Å²) >= 11 is 0. The van der Waals surface area contributed by atoms with Crippen molar-refractivity contribution in [3.05, 3.63) is 0 Å². The van der Waals surface area contributed by atoms with E-state index in [0.29, 0.717) is 12.3 Å². The summed E-state index contributed by atoms with van der Waals surface area (Å²) in [6.45, 7) is 0.0538. The summed E-state index contributed by atoms with van der Waals surface area (Å²) in [6.07, 6.45) is 5.13. The van der Waals surface area contributed by atoms with Crippen LogP contribution in [-0.2, 0) is 4.79 Å². The van der Waals surface area contributed by atoms with Gasteiger partial charge in [-0.25, -0.2) is 0 Å². The lowest BCUT2D eigenvalue weighted by molar-refractivity contribution is -0.131. The van der Waals surface area contributed by atoms with Gasteiger partial charge in [-0.15, -0.1) is 0 Å². The van der Waals surface area contributed by atoms with Gasteiger partial charge >= 0.3 is 0 Å². The Morgan fingerprint density at radius 2 is 1.73 bits per heavy atom. The second kappa shape index (κ2) is 6.03. The number of hydrogen-bond donors (Lipinski definition) is 0. The largest absolute Gasteiger partial charge is 0.316 e. The molecule has 0 spiro atoms. The Hall–Kier alpha value is -1.55. The normalized spacial score (nSPS) is 15.6. The molecule has 15 heavy (non-hydrogen) atoms. The van der Waals surface area contributed by atoms with Crippen LogP contribution in [0.2, 0.25) is 0 Å². The van der Waals surface area contributed by atoms with Crippen molar-refractivity contribution in [2.75, 3.05) is 13.1 Å². The summed E-state index contributed by atoms with van der Waals surface area (Å²) < 4.78 is 0. The van der Waals surface area contributed by atoms with Crippen LogP contribution in [0.5, 0.6) is 0 Å². The third-order valence-electron chi connectivity index (χ3n) is 2.81. The summed E-state index contributed by atoms with van der Waals surface area (Å²) in [5, 5.41) is 17.0. The number of nitriles is 2. The average molecular weight is 205 g/mol. The van der Waals surface area contributed by atoms with Gasteiger partial charge in [0.15, 0.2) is 0 Å². The minimum absolute atomic E-state index is 0.0269. The molecule has 1 saturated carbocycles. The van der Waals surface area contributed by atoms with Crippen molar-refractivity contribution in [3.8, 4) is 12.1 Å². The van der Waals surface area contributed by atoms with Crippen LogP contribution in [0.15, 0.2) is 0 Å². The summed E-state index contributed by atoms with van der Waals surface area (Å²) in [5.41, 5.74) is 0. The van der Waals surface area contributed by atoms with E-state index in [1.165, 1.54) is 17.7 Å². The van der Waals surface area contributed by atoms with Gasteiger partial charge in [-0.2, -0.15) is 10.5 Å². The van der Waals surface area contributed by atoms with Crippen molar-refractivity contribution >= 4 is 5.91 Å². The number of hydrogen-bond acceptors (Lipinski definition) is 3. The van der Waals surface area contributed by atoms with E-state index in [4.69, 9.17) is 10.5 Å². The van der Waals surface area contributed by atoms with Crippen LogP contribution in [0.1, 0.15) is 32.1 Å². The van der Waals surface area contributed by atoms with Gasteiger partial charge in [0.05, 0.1) is 12.1 Å². The van der Waals surface area contributed by atoms with Crippen LogP contribution < -0.4 is 0 Å². The maximum atomic E-state index is 11.7. The van der Waals surface area contributed by atoms with Gasteiger partial charge in [0.25, 0.3) is 0 Å². The molecule has 0 aromatic heterocycles. The van der Waals surface area contributed by atoms with E-state index < -0.39 is 0 Å². The highest BCUT2D eigenvalue weighted by molar-refractivity contribution is 5.77. The van der Waals surface area contributed by atoms with Gasteiger partial charge < -0.3 is 4.90 Å². The molecular weight excluding hydrogens is 190 g/mol. The standard InChI is InChI=1S/C11H15N3O/c12-5-7-14(8-6-13)11(15)9-10-3-1-2-4-10/h10H,1-4,7-9H2. The molecule has 0 radical (unpaired) electrons. The number of amides is 1. The second-order valence-corrected chi connectivity index (χ2v) is 3.92. The van der Waals surface area contributed by atoms with Gasteiger partial charge in [0.2, 0.25) is 5.91 Å². The lowest BCUT2D eigenvalue weighted by Crippen LogP contribution is -2.32. The molecule has 1 aliphatic rings. The minimum Gasteiger partial charge on any atom is -0.316 e. The van der Waals surface area contributed by atoms with Gasteiger partial charge in [0.1, 0.15) is 13.1 Å². The molecule has 4 nitrogen and oxygen atoms in total. The van der Waals surface area contributed by atoms with E-state index in [0.717, 1.165) is 12.8 Å². The molecule has 0 heterocycles. The molecule has 1 rings (SSSR count). The maximum Gasteiger partial charge on any atom is 0.224 e. The van der Waals surface area contributed by atoms with E-state index >= 15 is 0 Å². The lowest BCUT2D eigenvalue weighted by Gasteiger charge is -2.17. The Morgan fingerprint density at radius 1 is 1.20 bits per heavy atom. The van der Waals surface area contributed by atoms with Crippen LogP contribution in [0.25, 0.3) is 0 Å². The quantitative estimate of drug-likeness (QED) is 0.652. The van der Waals surface area contributed by atoms with Crippen molar-refractivity contribution in [1.82, 2.24) is 4.90 Å². The van der Waals surface area contributed by atoms with E-state index in [-0.39, 0.29) is 19.0 Å². The van der Waals surface area contributed by atoms with Gasteiger partial charge in [-0.05, 0) is 18.8 Å². The third-order valence-corrected chi connectivity index (χ3v) is 2.81. The summed E-state index contributed by atoms with van der Waals surface area (Å²) in [5.74, 6) is 0.419. The number of rotatable bonds is 4. The molecule has 1 fully saturated rings. The molecule has 0 atom stereocenters. The van der Waals surface area contributed by atoms with E-state index in [1.54, 1.807) is 0 Å².